The summed E-state index contributed by atoms with van der Waals surface area (Å²) < 4.78 is 7.77. The van der Waals surface area contributed by atoms with Crippen molar-refractivity contribution in [1.29, 1.82) is 0 Å². The van der Waals surface area contributed by atoms with Crippen molar-refractivity contribution in [1.82, 2.24) is 9.55 Å². The minimum Gasteiger partial charge on any atom is -0.494 e. The molecule has 0 atom stereocenters. The van der Waals surface area contributed by atoms with E-state index in [1.165, 1.54) is 5.52 Å². The lowest BCUT2D eigenvalue weighted by Gasteiger charge is -2.30. The largest absolute Gasteiger partial charge is 0.494 e. The molecule has 0 saturated carbocycles. The van der Waals surface area contributed by atoms with Crippen LogP contribution in [0.5, 0.6) is 5.75 Å². The monoisotopic (exact) mass is 350 g/mol. The second-order valence-electron chi connectivity index (χ2n) is 6.38. The molecular formula is C20H22N4O2. The summed E-state index contributed by atoms with van der Waals surface area (Å²) in [4.78, 5) is 18.7. The van der Waals surface area contributed by atoms with E-state index in [0.29, 0.717) is 17.9 Å². The van der Waals surface area contributed by atoms with Gasteiger partial charge in [0.05, 0.1) is 30.4 Å². The van der Waals surface area contributed by atoms with Gasteiger partial charge in [0.2, 0.25) is 5.91 Å². The number of carbonyl (C=O) groups is 1. The van der Waals surface area contributed by atoms with Crippen LogP contribution in [-0.2, 0) is 17.9 Å². The number of benzene rings is 2. The highest BCUT2D eigenvalue weighted by molar-refractivity contribution is 5.92. The van der Waals surface area contributed by atoms with Gasteiger partial charge in [-0.25, -0.2) is 4.98 Å². The highest BCUT2D eigenvalue weighted by atomic mass is 16.5. The quantitative estimate of drug-likeness (QED) is 0.783. The summed E-state index contributed by atoms with van der Waals surface area (Å²) in [5, 5.41) is 2.88. The van der Waals surface area contributed by atoms with Gasteiger partial charge in [0.1, 0.15) is 11.6 Å². The molecule has 1 aliphatic heterocycles. The second-order valence-corrected chi connectivity index (χ2v) is 6.38. The number of para-hydroxylation sites is 2. The van der Waals surface area contributed by atoms with Gasteiger partial charge >= 0.3 is 0 Å². The number of hydrogen-bond acceptors (Lipinski definition) is 4. The standard InChI is InChI=1S/C20H22N4O2/c1-3-20(25)22-16-9-8-14(12-18(16)26-2)23-10-11-24-17-7-5-4-6-15(17)21-19(24)13-23/h4-9,12H,3,10-11,13H2,1-2H3,(H,22,25). The predicted octanol–water partition coefficient (Wildman–Crippen LogP) is 3.41. The first-order chi connectivity index (χ1) is 12.7. The SMILES string of the molecule is CCC(=O)Nc1ccc(N2CCn3c(nc4ccccc43)C2)cc1OC. The van der Waals surface area contributed by atoms with Gasteiger partial charge in [-0.15, -0.1) is 0 Å². The van der Waals surface area contributed by atoms with Crippen molar-refractivity contribution in [3.63, 3.8) is 0 Å². The number of nitrogens with zero attached hydrogens (tertiary/aromatic N) is 3. The highest BCUT2D eigenvalue weighted by Crippen LogP contribution is 2.32. The molecule has 6 nitrogen and oxygen atoms in total. The van der Waals surface area contributed by atoms with Crippen molar-refractivity contribution >= 4 is 28.3 Å². The van der Waals surface area contributed by atoms with Crippen LogP contribution < -0.4 is 15.0 Å². The fourth-order valence-electron chi connectivity index (χ4n) is 3.40. The van der Waals surface area contributed by atoms with Gasteiger partial charge in [0.15, 0.2) is 0 Å². The molecule has 0 aliphatic carbocycles. The van der Waals surface area contributed by atoms with Crippen molar-refractivity contribution in [2.75, 3.05) is 23.9 Å². The number of aromatic nitrogens is 2. The molecule has 0 bridgehead atoms. The van der Waals surface area contributed by atoms with Crippen LogP contribution in [0, 0.1) is 0 Å². The van der Waals surface area contributed by atoms with Crippen molar-refractivity contribution in [2.45, 2.75) is 26.4 Å². The van der Waals surface area contributed by atoms with E-state index in [1.54, 1.807) is 7.11 Å². The molecule has 1 aliphatic rings. The lowest BCUT2D eigenvalue weighted by atomic mass is 10.2. The summed E-state index contributed by atoms with van der Waals surface area (Å²) in [7, 11) is 1.62. The Hall–Kier alpha value is -3.02. The average molecular weight is 350 g/mol. The molecule has 6 heteroatoms. The van der Waals surface area contributed by atoms with E-state index in [1.807, 2.05) is 31.2 Å². The van der Waals surface area contributed by atoms with Gasteiger partial charge < -0.3 is 19.5 Å². The van der Waals surface area contributed by atoms with Crippen molar-refractivity contribution in [3.05, 3.63) is 48.3 Å². The van der Waals surface area contributed by atoms with Crippen LogP contribution in [0.1, 0.15) is 19.2 Å². The highest BCUT2D eigenvalue weighted by Gasteiger charge is 2.21. The van der Waals surface area contributed by atoms with Crippen LogP contribution in [0.15, 0.2) is 42.5 Å². The van der Waals surface area contributed by atoms with E-state index in [4.69, 9.17) is 9.72 Å². The Morgan fingerprint density at radius 1 is 1.23 bits per heavy atom. The number of carbonyl (C=O) groups excluding carboxylic acids is 1. The van der Waals surface area contributed by atoms with Crippen LogP contribution in [-0.4, -0.2) is 29.1 Å². The first-order valence-corrected chi connectivity index (χ1v) is 8.86. The summed E-state index contributed by atoms with van der Waals surface area (Å²) in [6.07, 6.45) is 0.438. The maximum absolute atomic E-state index is 11.7. The van der Waals surface area contributed by atoms with E-state index in [0.717, 1.165) is 36.7 Å². The summed E-state index contributed by atoms with van der Waals surface area (Å²) in [5.74, 6) is 1.71. The fourth-order valence-corrected chi connectivity index (χ4v) is 3.40. The number of anilines is 2. The van der Waals surface area contributed by atoms with Gasteiger partial charge in [0, 0.05) is 31.3 Å². The van der Waals surface area contributed by atoms with Crippen LogP contribution in [0.2, 0.25) is 0 Å². The third-order valence-corrected chi connectivity index (χ3v) is 4.80. The van der Waals surface area contributed by atoms with Gasteiger partial charge in [-0.2, -0.15) is 0 Å². The summed E-state index contributed by atoms with van der Waals surface area (Å²) in [5.41, 5.74) is 4.00. The molecule has 4 rings (SSSR count). The normalized spacial score (nSPS) is 13.5. The predicted molar refractivity (Wildman–Crippen MR) is 103 cm³/mol. The smallest absolute Gasteiger partial charge is 0.224 e. The minimum atomic E-state index is -0.0252. The molecule has 1 N–H and O–H groups in total. The van der Waals surface area contributed by atoms with E-state index in [9.17, 15) is 4.79 Å². The van der Waals surface area contributed by atoms with E-state index in [2.05, 4.69) is 33.0 Å². The molecule has 0 unspecified atom stereocenters. The summed E-state index contributed by atoms with van der Waals surface area (Å²) in [6.45, 7) is 4.37. The van der Waals surface area contributed by atoms with Crippen molar-refractivity contribution < 1.29 is 9.53 Å². The first kappa shape index (κ1) is 16.4. The molecule has 0 radical (unpaired) electrons. The summed E-state index contributed by atoms with van der Waals surface area (Å²) >= 11 is 0. The lowest BCUT2D eigenvalue weighted by molar-refractivity contribution is -0.115. The molecule has 1 aromatic heterocycles. The maximum atomic E-state index is 11.7. The number of rotatable bonds is 4. The zero-order chi connectivity index (χ0) is 18.1. The van der Waals surface area contributed by atoms with E-state index in [-0.39, 0.29) is 5.91 Å². The second kappa shape index (κ2) is 6.71. The lowest BCUT2D eigenvalue weighted by Crippen LogP contribution is -2.33. The third-order valence-electron chi connectivity index (χ3n) is 4.80. The Kier molecular flexibility index (Phi) is 4.24. The number of hydrogen-bond donors (Lipinski definition) is 1. The zero-order valence-corrected chi connectivity index (χ0v) is 15.0. The van der Waals surface area contributed by atoms with E-state index < -0.39 is 0 Å². The number of amides is 1. The number of nitrogens with one attached hydrogen (secondary N) is 1. The Labute approximate surface area is 152 Å². The molecule has 0 fully saturated rings. The van der Waals surface area contributed by atoms with Gasteiger partial charge in [-0.3, -0.25) is 4.79 Å². The van der Waals surface area contributed by atoms with Gasteiger partial charge in [-0.05, 0) is 24.3 Å². The third kappa shape index (κ3) is 2.87. The van der Waals surface area contributed by atoms with Crippen molar-refractivity contribution in [3.8, 4) is 5.75 Å². The average Bonchev–Trinajstić information content (AvgIpc) is 3.05. The Morgan fingerprint density at radius 2 is 2.08 bits per heavy atom. The zero-order valence-electron chi connectivity index (χ0n) is 15.0. The Morgan fingerprint density at radius 3 is 2.88 bits per heavy atom. The fraction of sp³-hybridized carbons (Fsp3) is 0.300. The topological polar surface area (TPSA) is 59.4 Å². The number of fused-ring (bicyclic) bond motifs is 3. The molecule has 2 aromatic carbocycles. The Balaban J connectivity index is 1.61. The number of methoxy groups -OCH3 is 1. The molecule has 0 spiro atoms. The van der Waals surface area contributed by atoms with Crippen molar-refractivity contribution in [2.24, 2.45) is 0 Å². The molecule has 26 heavy (non-hydrogen) atoms. The molecular weight excluding hydrogens is 328 g/mol. The summed E-state index contributed by atoms with van der Waals surface area (Å²) in [6, 6.07) is 14.1. The van der Waals surface area contributed by atoms with Crippen LogP contribution in [0.3, 0.4) is 0 Å². The van der Waals surface area contributed by atoms with Crippen LogP contribution in [0.25, 0.3) is 11.0 Å². The number of imidazole rings is 1. The maximum Gasteiger partial charge on any atom is 0.224 e. The van der Waals surface area contributed by atoms with Crippen LogP contribution in [0.4, 0.5) is 11.4 Å². The molecule has 134 valence electrons. The van der Waals surface area contributed by atoms with Gasteiger partial charge in [-0.1, -0.05) is 19.1 Å². The van der Waals surface area contributed by atoms with Crippen LogP contribution >= 0.6 is 0 Å². The Bertz CT molecular complexity index is 964. The van der Waals surface area contributed by atoms with Gasteiger partial charge in [0.25, 0.3) is 0 Å². The first-order valence-electron chi connectivity index (χ1n) is 8.86. The molecule has 0 saturated heterocycles. The molecule has 1 amide bonds. The van der Waals surface area contributed by atoms with E-state index >= 15 is 0 Å². The number of ether oxygens (including phenoxy) is 1. The minimum absolute atomic E-state index is 0.0252. The molecule has 3 aromatic rings. The molecule has 2 heterocycles.